The lowest BCUT2D eigenvalue weighted by Gasteiger charge is -2.23. The lowest BCUT2D eigenvalue weighted by atomic mass is 10.0. The third-order valence-corrected chi connectivity index (χ3v) is 3.68. The molecule has 0 aliphatic rings. The van der Waals surface area contributed by atoms with Gasteiger partial charge in [-0.05, 0) is 26.2 Å². The smallest absolute Gasteiger partial charge is 0.194 e. The Morgan fingerprint density at radius 1 is 1.42 bits per heavy atom. The van der Waals surface area contributed by atoms with Gasteiger partial charge in [0.05, 0.1) is 12.6 Å². The summed E-state index contributed by atoms with van der Waals surface area (Å²) in [4.78, 5) is 11.1. The van der Waals surface area contributed by atoms with Crippen LogP contribution in [-0.4, -0.2) is 58.5 Å². The maximum atomic E-state index is 5.78. The number of aliphatic imine (C=N–C) groups is 1. The van der Waals surface area contributed by atoms with Crippen molar-refractivity contribution in [3.8, 4) is 0 Å². The van der Waals surface area contributed by atoms with Gasteiger partial charge < -0.3 is 15.0 Å². The highest BCUT2D eigenvalue weighted by atomic mass is 127. The van der Waals surface area contributed by atoms with Crippen LogP contribution in [0.5, 0.6) is 0 Å². The number of aryl methyl sites for hydroxylation is 1. The summed E-state index contributed by atoms with van der Waals surface area (Å²) < 4.78 is 7.56. The van der Waals surface area contributed by atoms with E-state index in [1.54, 1.807) is 11.0 Å². The van der Waals surface area contributed by atoms with E-state index in [2.05, 4.69) is 41.1 Å². The monoisotopic (exact) mass is 452 g/mol. The van der Waals surface area contributed by atoms with Gasteiger partial charge in [0.1, 0.15) is 12.2 Å². The van der Waals surface area contributed by atoms with Crippen LogP contribution < -0.4 is 5.32 Å². The van der Waals surface area contributed by atoms with Crippen molar-refractivity contribution in [3.63, 3.8) is 0 Å². The van der Waals surface area contributed by atoms with Crippen molar-refractivity contribution in [1.29, 1.82) is 0 Å². The van der Waals surface area contributed by atoms with Gasteiger partial charge in [0.2, 0.25) is 0 Å². The second-order valence-electron chi connectivity index (χ2n) is 5.92. The van der Waals surface area contributed by atoms with E-state index in [9.17, 15) is 0 Å². The van der Waals surface area contributed by atoms with Gasteiger partial charge in [0.25, 0.3) is 0 Å². The van der Waals surface area contributed by atoms with Crippen molar-refractivity contribution < 1.29 is 4.74 Å². The number of halogens is 1. The van der Waals surface area contributed by atoms with Crippen molar-refractivity contribution >= 4 is 29.9 Å². The lowest BCUT2D eigenvalue weighted by Crippen LogP contribution is -2.39. The van der Waals surface area contributed by atoms with E-state index in [-0.39, 0.29) is 30.1 Å². The molecular formula is C16H33IN6O. The number of ether oxygens (including phenoxy) is 1. The summed E-state index contributed by atoms with van der Waals surface area (Å²) in [5.74, 6) is 2.30. The molecule has 1 aromatic heterocycles. The van der Waals surface area contributed by atoms with Crippen LogP contribution >= 0.6 is 24.0 Å². The Hall–Kier alpha value is -0.900. The molecular weight excluding hydrogens is 419 g/mol. The largest absolute Gasteiger partial charge is 0.378 e. The predicted octanol–water partition coefficient (Wildman–Crippen LogP) is 2.28. The first-order chi connectivity index (χ1) is 11.0. The van der Waals surface area contributed by atoms with Gasteiger partial charge in [0.15, 0.2) is 5.96 Å². The first-order valence-corrected chi connectivity index (χ1v) is 8.43. The summed E-state index contributed by atoms with van der Waals surface area (Å²) in [7, 11) is 3.91. The average Bonchev–Trinajstić information content (AvgIpc) is 2.90. The standard InChI is InChI=1S/C16H32N6O.HI/c1-7-17-16(18-10-9-14(13(3)4)23-8-2)21(5)11-15-19-12-20-22(15)6;/h12-14H,7-11H2,1-6H3,(H,17,18);1H. The van der Waals surface area contributed by atoms with Gasteiger partial charge in [-0.25, -0.2) is 4.98 Å². The molecule has 0 amide bonds. The van der Waals surface area contributed by atoms with E-state index >= 15 is 0 Å². The van der Waals surface area contributed by atoms with E-state index in [0.29, 0.717) is 12.5 Å². The van der Waals surface area contributed by atoms with Crippen LogP contribution in [0.15, 0.2) is 11.3 Å². The van der Waals surface area contributed by atoms with Crippen LogP contribution in [0, 0.1) is 5.92 Å². The zero-order chi connectivity index (χ0) is 17.2. The molecule has 0 saturated heterocycles. The van der Waals surface area contributed by atoms with Crippen molar-refractivity contribution in [2.75, 3.05) is 26.7 Å². The van der Waals surface area contributed by atoms with Crippen LogP contribution in [0.1, 0.15) is 39.9 Å². The molecule has 7 nitrogen and oxygen atoms in total. The van der Waals surface area contributed by atoms with Crippen LogP contribution in [0.4, 0.5) is 0 Å². The van der Waals surface area contributed by atoms with Crippen molar-refractivity contribution in [2.24, 2.45) is 18.0 Å². The summed E-state index contributed by atoms with van der Waals surface area (Å²) in [5.41, 5.74) is 0. The second-order valence-corrected chi connectivity index (χ2v) is 5.92. The van der Waals surface area contributed by atoms with Crippen molar-refractivity contribution in [3.05, 3.63) is 12.2 Å². The molecule has 1 rings (SSSR count). The van der Waals surface area contributed by atoms with Gasteiger partial charge in [0, 0.05) is 33.8 Å². The minimum Gasteiger partial charge on any atom is -0.378 e. The summed E-state index contributed by atoms with van der Waals surface area (Å²) in [6.07, 6.45) is 2.76. The summed E-state index contributed by atoms with van der Waals surface area (Å²) in [6, 6.07) is 0. The van der Waals surface area contributed by atoms with Crippen molar-refractivity contribution in [1.82, 2.24) is 25.0 Å². The Bertz CT molecular complexity index is 477. The van der Waals surface area contributed by atoms with Gasteiger partial charge in [-0.15, -0.1) is 24.0 Å². The summed E-state index contributed by atoms with van der Waals surface area (Å²) in [5, 5.41) is 7.43. The molecule has 0 radical (unpaired) electrons. The van der Waals surface area contributed by atoms with Gasteiger partial charge in [-0.2, -0.15) is 5.10 Å². The van der Waals surface area contributed by atoms with Gasteiger partial charge >= 0.3 is 0 Å². The molecule has 1 N–H and O–H groups in total. The number of nitrogens with zero attached hydrogens (tertiary/aromatic N) is 5. The second kappa shape index (κ2) is 12.5. The predicted molar refractivity (Wildman–Crippen MR) is 109 cm³/mol. The fraction of sp³-hybridized carbons (Fsp3) is 0.812. The SMILES string of the molecule is CCNC(=NCCC(OCC)C(C)C)N(C)Cc1ncnn1C.I. The number of nitrogens with one attached hydrogen (secondary N) is 1. The normalized spacial score (nSPS) is 12.9. The quantitative estimate of drug-likeness (QED) is 0.354. The molecule has 1 aromatic rings. The molecule has 24 heavy (non-hydrogen) atoms. The highest BCUT2D eigenvalue weighted by Crippen LogP contribution is 2.11. The minimum absolute atomic E-state index is 0. The molecule has 0 aliphatic carbocycles. The Morgan fingerprint density at radius 2 is 2.12 bits per heavy atom. The number of hydrogen-bond acceptors (Lipinski definition) is 4. The average molecular weight is 452 g/mol. The molecule has 0 aliphatic heterocycles. The van der Waals surface area contributed by atoms with E-state index in [4.69, 9.17) is 9.73 Å². The van der Waals surface area contributed by atoms with E-state index in [1.807, 2.05) is 21.0 Å². The molecule has 0 bridgehead atoms. The topological polar surface area (TPSA) is 67.6 Å². The molecule has 1 atom stereocenters. The van der Waals surface area contributed by atoms with Gasteiger partial charge in [-0.3, -0.25) is 9.67 Å². The summed E-state index contributed by atoms with van der Waals surface area (Å²) >= 11 is 0. The number of rotatable bonds is 9. The molecule has 1 unspecified atom stereocenters. The molecule has 0 aromatic carbocycles. The number of aromatic nitrogens is 3. The molecule has 0 fully saturated rings. The molecule has 0 spiro atoms. The highest BCUT2D eigenvalue weighted by Gasteiger charge is 2.14. The zero-order valence-electron chi connectivity index (χ0n) is 15.8. The first-order valence-electron chi connectivity index (χ1n) is 8.43. The first kappa shape index (κ1) is 23.1. The van der Waals surface area contributed by atoms with E-state index in [0.717, 1.165) is 37.9 Å². The Labute approximate surface area is 163 Å². The summed E-state index contributed by atoms with van der Waals surface area (Å²) in [6.45, 7) is 11.5. The fourth-order valence-electron chi connectivity index (χ4n) is 2.34. The Balaban J connectivity index is 0.00000529. The van der Waals surface area contributed by atoms with Crippen LogP contribution in [-0.2, 0) is 18.3 Å². The third-order valence-electron chi connectivity index (χ3n) is 3.68. The lowest BCUT2D eigenvalue weighted by molar-refractivity contribution is 0.0266. The van der Waals surface area contributed by atoms with Crippen LogP contribution in [0.2, 0.25) is 0 Å². The van der Waals surface area contributed by atoms with Gasteiger partial charge in [-0.1, -0.05) is 13.8 Å². The molecule has 1 heterocycles. The Kier molecular flexibility index (Phi) is 12.0. The molecule has 0 saturated carbocycles. The van der Waals surface area contributed by atoms with E-state index < -0.39 is 0 Å². The number of guanidine groups is 1. The highest BCUT2D eigenvalue weighted by molar-refractivity contribution is 14.0. The Morgan fingerprint density at radius 3 is 2.62 bits per heavy atom. The minimum atomic E-state index is 0. The third kappa shape index (κ3) is 7.78. The maximum Gasteiger partial charge on any atom is 0.194 e. The van der Waals surface area contributed by atoms with Crippen LogP contribution in [0.3, 0.4) is 0 Å². The zero-order valence-corrected chi connectivity index (χ0v) is 18.2. The number of hydrogen-bond donors (Lipinski definition) is 1. The van der Waals surface area contributed by atoms with Crippen molar-refractivity contribution in [2.45, 2.75) is 46.8 Å². The maximum absolute atomic E-state index is 5.78. The van der Waals surface area contributed by atoms with E-state index in [1.165, 1.54) is 0 Å². The van der Waals surface area contributed by atoms with Crippen LogP contribution in [0.25, 0.3) is 0 Å². The molecule has 8 heteroatoms. The fourth-order valence-corrected chi connectivity index (χ4v) is 2.34. The molecule has 140 valence electrons.